The normalized spacial score (nSPS) is 30.1. The monoisotopic (exact) mass is 1230 g/mol. The molecule has 3 fully saturated rings. The van der Waals surface area contributed by atoms with Gasteiger partial charge in [0.2, 0.25) is 17.7 Å². The minimum atomic E-state index is -6.15. The Labute approximate surface area is 453 Å². The number of hydrogen-bond acceptors (Lipinski definition) is 28. The Morgan fingerprint density at radius 3 is 2.10 bits per heavy atom. The third-order valence-electron chi connectivity index (χ3n) is 13.1. The number of phosphoric ester groups is 2. The van der Waals surface area contributed by atoms with Crippen LogP contribution in [0.5, 0.6) is 0 Å². The third kappa shape index (κ3) is 12.2. The Balaban J connectivity index is 0.887. The number of nitrogens with one attached hydrogen (secondary N) is 2. The summed E-state index contributed by atoms with van der Waals surface area (Å²) in [4.78, 5) is 94.2. The Morgan fingerprint density at radius 2 is 1.43 bits per heavy atom. The van der Waals surface area contributed by atoms with Crippen LogP contribution in [-0.2, 0) is 83.0 Å². The van der Waals surface area contributed by atoms with Crippen LogP contribution in [0.4, 0.5) is 17.7 Å². The Hall–Kier alpha value is -4.66. The molecule has 0 amide bonds. The van der Waals surface area contributed by atoms with Crippen LogP contribution < -0.4 is 32.9 Å². The lowest BCUT2D eigenvalue weighted by Crippen LogP contribution is -2.45. The first-order valence-corrected chi connectivity index (χ1v) is 30.7. The van der Waals surface area contributed by atoms with Crippen LogP contribution in [0.1, 0.15) is 44.1 Å². The van der Waals surface area contributed by atoms with E-state index in [4.69, 9.17) is 70.8 Å². The number of aliphatic hydroxyl groups is 3. The van der Waals surface area contributed by atoms with Gasteiger partial charge in [0.25, 0.3) is 17.1 Å². The van der Waals surface area contributed by atoms with E-state index in [2.05, 4.69) is 43.5 Å². The fraction of sp³-hybridized carbons (Fsp3) is 0.579. The van der Waals surface area contributed by atoms with Gasteiger partial charge in [-0.25, -0.2) is 33.2 Å². The van der Waals surface area contributed by atoms with Crippen molar-refractivity contribution >= 4 is 93.9 Å². The minimum Gasteiger partial charge on any atom is -0.397 e. The molecule has 15 N–H and O–H groups in total. The summed E-state index contributed by atoms with van der Waals surface area (Å²) >= 11 is 5.35. The largest absolute Gasteiger partial charge is 0.490 e. The predicted octanol–water partition coefficient (Wildman–Crippen LogP) is -2.03. The molecular weight excluding hydrogens is 1180 g/mol. The zero-order valence-electron chi connectivity index (χ0n) is 42.1. The van der Waals surface area contributed by atoms with Crippen molar-refractivity contribution in [3.63, 3.8) is 0 Å². The van der Waals surface area contributed by atoms with E-state index < -0.39 is 135 Å². The number of aliphatic hydroxyl groups excluding tert-OH is 3. The van der Waals surface area contributed by atoms with Gasteiger partial charge in [0.15, 0.2) is 35.8 Å². The number of nitrogen functional groups attached to an aromatic ring is 2. The van der Waals surface area contributed by atoms with Crippen molar-refractivity contribution in [3.8, 4) is 0 Å². The summed E-state index contributed by atoms with van der Waals surface area (Å²) in [5.41, 5.74) is 17.8. The standard InChI is InChI=1S/C38H54N14O23P4S/c1-5-15-6-7-42-29-21(20(15)39)43-12-50(29)36-28(66-4)27(73-79(64,80)69-10-18-25(54)26(55)35(71-18)51-13-44-22-30(51)45-37(40)47-32(22)56)19(72-36)11-68-77(60,61)75-78(62,63)74-76(58,59)67-9-17-16(8-65-3)24(53)34(70-17)52-14-49(2)23-31(52)46-38(41)48-33(23)57/h7,12-14,16-19,24-28,34-36,53-55H,5-6,8-11,39H2,1-4H3,(H9-,40,41,45,46,47,48,56,57,58,59,60,61,62,63,64,80)/p+1/t16-,17-,18-,19-,24-,25-,26-,27-,28-,34-,35-,36-,79?/m1/s1. The maximum absolute atomic E-state index is 13.4. The van der Waals surface area contributed by atoms with Crippen molar-refractivity contribution in [2.24, 2.45) is 23.7 Å². The molecule has 0 aromatic carbocycles. The number of rotatable bonds is 22. The van der Waals surface area contributed by atoms with Gasteiger partial charge in [0.1, 0.15) is 48.4 Å². The van der Waals surface area contributed by atoms with Gasteiger partial charge in [-0.15, -0.1) is 0 Å². The van der Waals surface area contributed by atoms with Crippen molar-refractivity contribution in [3.05, 3.63) is 51.0 Å². The molecule has 37 nitrogen and oxygen atoms in total. The number of nitrogens with two attached hydrogens (primary N) is 3. The molecular formula is C38H55N14O23P4S+. The molecule has 4 unspecified atom stereocenters. The number of imidazole rings is 3. The molecule has 80 heavy (non-hydrogen) atoms. The summed E-state index contributed by atoms with van der Waals surface area (Å²) in [6, 6.07) is 0. The molecule has 42 heteroatoms. The summed E-state index contributed by atoms with van der Waals surface area (Å²) in [5.74, 6) is -1.40. The molecule has 5 aromatic heterocycles. The van der Waals surface area contributed by atoms with Crippen LogP contribution in [0.15, 0.2) is 39.1 Å². The molecule has 5 aromatic rings. The number of H-pyrrole nitrogens is 2. The average molecular weight is 1230 g/mol. The number of aromatic nitrogens is 10. The number of aryl methyl sites for hydroxylation is 1. The van der Waals surface area contributed by atoms with Crippen LogP contribution in [0, 0.1) is 5.92 Å². The van der Waals surface area contributed by atoms with E-state index in [1.165, 1.54) is 47.6 Å². The van der Waals surface area contributed by atoms with Gasteiger partial charge in [-0.1, -0.05) is 11.9 Å². The maximum Gasteiger partial charge on any atom is 0.490 e. The van der Waals surface area contributed by atoms with Crippen LogP contribution in [0.25, 0.3) is 28.0 Å². The average Bonchev–Trinajstić information content (AvgIpc) is 4.40. The molecule has 4 aliphatic rings. The van der Waals surface area contributed by atoms with Gasteiger partial charge >= 0.3 is 35.8 Å². The molecule has 440 valence electrons. The van der Waals surface area contributed by atoms with E-state index in [1.807, 2.05) is 6.92 Å². The molecule has 3 saturated heterocycles. The number of hydrogen-bond donors (Lipinski definition) is 12. The number of aliphatic imine (C=N–C) groups is 1. The van der Waals surface area contributed by atoms with Gasteiger partial charge in [-0.3, -0.25) is 46.8 Å². The predicted molar refractivity (Wildman–Crippen MR) is 272 cm³/mol. The molecule has 0 radical (unpaired) electrons. The second-order valence-corrected chi connectivity index (χ2v) is 25.6. The minimum absolute atomic E-state index is 0.00784. The summed E-state index contributed by atoms with van der Waals surface area (Å²) in [5, 5.41) is 33.3. The van der Waals surface area contributed by atoms with Gasteiger partial charge in [-0.2, -0.15) is 13.6 Å². The zero-order chi connectivity index (χ0) is 58.0. The van der Waals surface area contributed by atoms with Crippen LogP contribution in [0.2, 0.25) is 0 Å². The molecule has 0 aliphatic carbocycles. The number of allylic oxidation sites excluding steroid dienone is 1. The van der Waals surface area contributed by atoms with E-state index in [9.17, 15) is 58.2 Å². The van der Waals surface area contributed by atoms with Crippen LogP contribution >= 0.6 is 30.2 Å². The Bertz CT molecular complexity index is 3540. The number of aromatic amines is 2. The van der Waals surface area contributed by atoms with Gasteiger partial charge < -0.3 is 80.3 Å². The Kier molecular flexibility index (Phi) is 17.4. The van der Waals surface area contributed by atoms with Gasteiger partial charge in [0, 0.05) is 32.8 Å². The molecule has 9 heterocycles. The van der Waals surface area contributed by atoms with Crippen molar-refractivity contribution in [2.75, 3.05) is 52.1 Å². The lowest BCUT2D eigenvalue weighted by atomic mass is 9.99. The Morgan fingerprint density at radius 1 is 0.787 bits per heavy atom. The quantitative estimate of drug-likeness (QED) is 0.0263. The van der Waals surface area contributed by atoms with Gasteiger partial charge in [0.05, 0.1) is 57.9 Å². The number of ether oxygens (including phenoxy) is 5. The highest BCUT2D eigenvalue weighted by atomic mass is 32.5. The SMILES string of the molecule is CCC1=C(N)c2ncn([C@@H]3O[C@H](COP(=O)(O)OP(=O)(O)OP(=O)(O)OC[C@H]4O[C@@H]([n+]5cn(C)c6c(=O)[nH]c(N)nc65)[C@H](O)[C@@H]4COC)[C@@H](OP(O)(=S)OC[C@H]4O[C@@H](n5cnc6c(=O)[nH]c(N)nc65)[C@H](O)[C@@H]4O)[C@H]3OC)c2N=CC1. The molecule has 9 rings (SSSR count). The lowest BCUT2D eigenvalue weighted by Gasteiger charge is -2.28. The summed E-state index contributed by atoms with van der Waals surface area (Å²) in [6.45, 7) is -5.82. The van der Waals surface area contributed by atoms with Crippen molar-refractivity contribution < 1.29 is 104 Å². The first-order valence-electron chi connectivity index (χ1n) is 23.6. The van der Waals surface area contributed by atoms with Crippen molar-refractivity contribution in [1.29, 1.82) is 0 Å². The van der Waals surface area contributed by atoms with E-state index in [0.717, 1.165) is 16.5 Å². The van der Waals surface area contributed by atoms with E-state index in [1.54, 1.807) is 6.21 Å². The van der Waals surface area contributed by atoms with Crippen molar-refractivity contribution in [1.82, 2.24) is 43.6 Å². The first-order chi connectivity index (χ1) is 37.7. The van der Waals surface area contributed by atoms with Crippen LogP contribution in [-0.4, -0.2) is 174 Å². The summed E-state index contributed by atoms with van der Waals surface area (Å²) < 4.78 is 104. The second kappa shape index (κ2) is 23.2. The maximum atomic E-state index is 13.4. The summed E-state index contributed by atoms with van der Waals surface area (Å²) in [7, 11) is -13.8. The molecule has 4 aliphatic heterocycles. The van der Waals surface area contributed by atoms with E-state index >= 15 is 0 Å². The van der Waals surface area contributed by atoms with E-state index in [0.29, 0.717) is 18.5 Å². The van der Waals surface area contributed by atoms with E-state index in [-0.39, 0.29) is 52.3 Å². The molecule has 0 spiro atoms. The first kappa shape index (κ1) is 59.9. The topological polar surface area (TPSA) is 521 Å². The molecule has 0 saturated carbocycles. The highest BCUT2D eigenvalue weighted by Gasteiger charge is 2.53. The highest BCUT2D eigenvalue weighted by molar-refractivity contribution is 8.07. The molecule has 16 atom stereocenters. The fourth-order valence-electron chi connectivity index (χ4n) is 9.43. The number of methoxy groups -OCH3 is 2. The lowest BCUT2D eigenvalue weighted by molar-refractivity contribution is -0.745. The highest BCUT2D eigenvalue weighted by Crippen LogP contribution is 2.68. The fourth-order valence-corrected chi connectivity index (χ4v) is 14.4. The third-order valence-corrected chi connectivity index (χ3v) is 18.9. The van der Waals surface area contributed by atoms with Gasteiger partial charge in [-0.05, 0) is 23.8 Å². The zero-order valence-corrected chi connectivity index (χ0v) is 46.5. The number of phosphoric acid groups is 3. The summed E-state index contributed by atoms with van der Waals surface area (Å²) in [6.07, 6.45) is -10.2. The number of nitrogens with zero attached hydrogens (tertiary/aromatic N) is 9. The second-order valence-electron chi connectivity index (χ2n) is 18.2. The number of fused-ring (bicyclic) bond motifs is 3. The molecule has 0 bridgehead atoms. The van der Waals surface area contributed by atoms with Crippen molar-refractivity contribution in [2.45, 2.75) is 87.3 Å². The van der Waals surface area contributed by atoms with Crippen LogP contribution in [0.3, 0.4) is 0 Å². The number of anilines is 2. The smallest absolute Gasteiger partial charge is 0.397 e.